The van der Waals surface area contributed by atoms with E-state index in [9.17, 15) is 9.90 Å². The standard InChI is InChI=1S/C22H28N2O5/c1-21(2)12-16(13-22(3,4)29-21)28-15-8-6-14(7-9-15)24-20(26)18-19(25)17(27-5)10-11-23-18/h6-11,16,25H,12-13H2,1-5H3,(H,24,26). The number of aromatic hydroxyl groups is 1. The Morgan fingerprint density at radius 3 is 2.34 bits per heavy atom. The molecule has 2 aromatic rings. The van der Waals surface area contributed by atoms with Crippen LogP contribution in [-0.4, -0.2) is 40.4 Å². The molecule has 1 aromatic carbocycles. The summed E-state index contributed by atoms with van der Waals surface area (Å²) in [6.45, 7) is 8.30. The third kappa shape index (κ3) is 5.17. The summed E-state index contributed by atoms with van der Waals surface area (Å²) in [4.78, 5) is 16.3. The lowest BCUT2D eigenvalue weighted by molar-refractivity contribution is -0.182. The molecular formula is C22H28N2O5. The van der Waals surface area contributed by atoms with Crippen molar-refractivity contribution in [2.24, 2.45) is 0 Å². The van der Waals surface area contributed by atoms with Crippen LogP contribution in [0.5, 0.6) is 17.2 Å². The quantitative estimate of drug-likeness (QED) is 0.783. The number of benzene rings is 1. The van der Waals surface area contributed by atoms with E-state index in [1.807, 2.05) is 12.1 Å². The minimum atomic E-state index is -0.525. The van der Waals surface area contributed by atoms with Crippen molar-refractivity contribution in [3.05, 3.63) is 42.2 Å². The van der Waals surface area contributed by atoms with E-state index in [1.165, 1.54) is 19.4 Å². The fourth-order valence-corrected chi connectivity index (χ4v) is 3.85. The number of hydrogen-bond donors (Lipinski definition) is 2. The third-order valence-corrected chi connectivity index (χ3v) is 4.73. The SMILES string of the molecule is COc1ccnc(C(=O)Nc2ccc(OC3CC(C)(C)OC(C)(C)C3)cc2)c1O. The molecule has 2 N–H and O–H groups in total. The molecule has 0 saturated carbocycles. The molecule has 156 valence electrons. The van der Waals surface area contributed by atoms with Crippen molar-refractivity contribution < 1.29 is 24.1 Å². The van der Waals surface area contributed by atoms with Gasteiger partial charge < -0.3 is 24.6 Å². The molecule has 0 aliphatic carbocycles. The molecule has 1 aliphatic rings. The largest absolute Gasteiger partial charge is 0.503 e. The number of carbonyl (C=O) groups excluding carboxylic acids is 1. The fourth-order valence-electron chi connectivity index (χ4n) is 3.85. The van der Waals surface area contributed by atoms with Crippen molar-refractivity contribution in [1.29, 1.82) is 0 Å². The molecule has 0 atom stereocenters. The molecule has 0 spiro atoms. The summed E-state index contributed by atoms with van der Waals surface area (Å²) < 4.78 is 17.3. The van der Waals surface area contributed by atoms with E-state index in [4.69, 9.17) is 14.2 Å². The number of hydrogen-bond acceptors (Lipinski definition) is 6. The van der Waals surface area contributed by atoms with Gasteiger partial charge in [0.15, 0.2) is 17.2 Å². The van der Waals surface area contributed by atoms with E-state index in [0.29, 0.717) is 5.69 Å². The molecule has 1 aromatic heterocycles. The number of amides is 1. The first-order valence-electron chi connectivity index (χ1n) is 9.59. The zero-order valence-electron chi connectivity index (χ0n) is 17.5. The maximum atomic E-state index is 12.4. The summed E-state index contributed by atoms with van der Waals surface area (Å²) >= 11 is 0. The molecule has 0 bridgehead atoms. The summed E-state index contributed by atoms with van der Waals surface area (Å²) in [6, 6.07) is 8.60. The molecule has 0 unspecified atom stereocenters. The van der Waals surface area contributed by atoms with Gasteiger partial charge in [-0.05, 0) is 52.0 Å². The Morgan fingerprint density at radius 2 is 1.76 bits per heavy atom. The minimum absolute atomic E-state index is 0.0483. The smallest absolute Gasteiger partial charge is 0.278 e. The second-order valence-corrected chi connectivity index (χ2v) is 8.46. The van der Waals surface area contributed by atoms with Gasteiger partial charge in [0.1, 0.15) is 11.9 Å². The van der Waals surface area contributed by atoms with E-state index < -0.39 is 5.91 Å². The van der Waals surface area contributed by atoms with Crippen molar-refractivity contribution in [1.82, 2.24) is 4.98 Å². The van der Waals surface area contributed by atoms with Gasteiger partial charge >= 0.3 is 0 Å². The monoisotopic (exact) mass is 400 g/mol. The number of pyridine rings is 1. The summed E-state index contributed by atoms with van der Waals surface area (Å²) in [5, 5.41) is 12.8. The highest BCUT2D eigenvalue weighted by molar-refractivity contribution is 6.05. The molecule has 1 fully saturated rings. The number of anilines is 1. The molecule has 1 amide bonds. The summed E-state index contributed by atoms with van der Waals surface area (Å²) in [5.74, 6) is 0.0975. The Morgan fingerprint density at radius 1 is 1.14 bits per heavy atom. The Labute approximate surface area is 171 Å². The van der Waals surface area contributed by atoms with Gasteiger partial charge in [-0.25, -0.2) is 4.98 Å². The number of carbonyl (C=O) groups is 1. The Bertz CT molecular complexity index is 861. The molecule has 7 nitrogen and oxygen atoms in total. The topological polar surface area (TPSA) is 89.9 Å². The Balaban J connectivity index is 1.66. The Hall–Kier alpha value is -2.80. The van der Waals surface area contributed by atoms with Gasteiger partial charge in [0, 0.05) is 30.8 Å². The van der Waals surface area contributed by atoms with Crippen LogP contribution >= 0.6 is 0 Å². The van der Waals surface area contributed by atoms with Crippen LogP contribution in [0.2, 0.25) is 0 Å². The number of methoxy groups -OCH3 is 1. The molecular weight excluding hydrogens is 372 g/mol. The van der Waals surface area contributed by atoms with Gasteiger partial charge in [-0.15, -0.1) is 0 Å². The zero-order chi connectivity index (χ0) is 21.2. The highest BCUT2D eigenvalue weighted by Gasteiger charge is 2.40. The van der Waals surface area contributed by atoms with Gasteiger partial charge in [0.05, 0.1) is 18.3 Å². The number of nitrogens with one attached hydrogen (secondary N) is 1. The average molecular weight is 400 g/mol. The number of nitrogens with zero attached hydrogens (tertiary/aromatic N) is 1. The van der Waals surface area contributed by atoms with Gasteiger partial charge in [0.25, 0.3) is 5.91 Å². The molecule has 2 heterocycles. The zero-order valence-corrected chi connectivity index (χ0v) is 17.5. The number of aromatic nitrogens is 1. The molecule has 7 heteroatoms. The maximum Gasteiger partial charge on any atom is 0.278 e. The van der Waals surface area contributed by atoms with E-state index in [2.05, 4.69) is 38.0 Å². The van der Waals surface area contributed by atoms with Crippen LogP contribution < -0.4 is 14.8 Å². The van der Waals surface area contributed by atoms with Gasteiger partial charge in [-0.2, -0.15) is 0 Å². The van der Waals surface area contributed by atoms with E-state index in [-0.39, 0.29) is 34.5 Å². The third-order valence-electron chi connectivity index (χ3n) is 4.73. The number of ether oxygens (including phenoxy) is 3. The van der Waals surface area contributed by atoms with Crippen LogP contribution in [0.15, 0.2) is 36.5 Å². The van der Waals surface area contributed by atoms with Crippen molar-refractivity contribution in [2.45, 2.75) is 57.8 Å². The van der Waals surface area contributed by atoms with E-state index in [0.717, 1.165) is 18.6 Å². The minimum Gasteiger partial charge on any atom is -0.503 e. The van der Waals surface area contributed by atoms with Crippen LogP contribution in [0.25, 0.3) is 0 Å². The predicted octanol–water partition coefficient (Wildman–Crippen LogP) is 4.16. The van der Waals surface area contributed by atoms with Crippen LogP contribution in [-0.2, 0) is 4.74 Å². The second kappa shape index (κ2) is 7.91. The van der Waals surface area contributed by atoms with Crippen LogP contribution in [0, 0.1) is 0 Å². The van der Waals surface area contributed by atoms with Crippen molar-refractivity contribution >= 4 is 11.6 Å². The predicted molar refractivity (Wildman–Crippen MR) is 110 cm³/mol. The second-order valence-electron chi connectivity index (χ2n) is 8.46. The number of rotatable bonds is 5. The van der Waals surface area contributed by atoms with Crippen molar-refractivity contribution in [3.63, 3.8) is 0 Å². The van der Waals surface area contributed by atoms with Crippen LogP contribution in [0.3, 0.4) is 0 Å². The van der Waals surface area contributed by atoms with Gasteiger partial charge in [0.2, 0.25) is 0 Å². The summed E-state index contributed by atoms with van der Waals surface area (Å²) in [6.07, 6.45) is 3.05. The van der Waals surface area contributed by atoms with Crippen LogP contribution in [0.4, 0.5) is 5.69 Å². The summed E-state index contributed by atoms with van der Waals surface area (Å²) in [5.41, 5.74) is -0.0200. The summed E-state index contributed by atoms with van der Waals surface area (Å²) in [7, 11) is 1.41. The van der Waals surface area contributed by atoms with Gasteiger partial charge in [-0.3, -0.25) is 4.79 Å². The lowest BCUT2D eigenvalue weighted by Gasteiger charge is -2.45. The molecule has 1 saturated heterocycles. The first kappa shape index (κ1) is 20.9. The molecule has 1 aliphatic heterocycles. The first-order chi connectivity index (χ1) is 13.6. The normalized spacial score (nSPS) is 18.1. The van der Waals surface area contributed by atoms with Crippen molar-refractivity contribution in [3.8, 4) is 17.2 Å². The van der Waals surface area contributed by atoms with E-state index in [1.54, 1.807) is 12.1 Å². The van der Waals surface area contributed by atoms with E-state index >= 15 is 0 Å². The first-order valence-corrected chi connectivity index (χ1v) is 9.59. The Kier molecular flexibility index (Phi) is 5.71. The lowest BCUT2D eigenvalue weighted by Crippen LogP contribution is -2.49. The molecule has 0 radical (unpaired) electrons. The highest BCUT2D eigenvalue weighted by Crippen LogP contribution is 2.37. The lowest BCUT2D eigenvalue weighted by atomic mass is 9.87. The van der Waals surface area contributed by atoms with Crippen molar-refractivity contribution in [2.75, 3.05) is 12.4 Å². The molecule has 3 rings (SSSR count). The maximum absolute atomic E-state index is 12.4. The highest BCUT2D eigenvalue weighted by atomic mass is 16.5. The fraction of sp³-hybridized carbons (Fsp3) is 0.455. The van der Waals surface area contributed by atoms with Crippen LogP contribution in [0.1, 0.15) is 51.0 Å². The average Bonchev–Trinajstić information content (AvgIpc) is 2.61. The van der Waals surface area contributed by atoms with Gasteiger partial charge in [-0.1, -0.05) is 0 Å². The molecule has 29 heavy (non-hydrogen) atoms.